The van der Waals surface area contributed by atoms with Crippen LogP contribution in [-0.4, -0.2) is 41.1 Å². The molecule has 0 fully saturated rings. The highest BCUT2D eigenvalue weighted by molar-refractivity contribution is 5.98. The molecule has 1 heterocycles. The monoisotopic (exact) mass is 290 g/mol. The third-order valence-corrected chi connectivity index (χ3v) is 4.21. The molecule has 1 aliphatic rings. The Morgan fingerprint density at radius 2 is 2.05 bits per heavy atom. The Hall–Kier alpha value is -2.04. The largest absolute Gasteiger partial charge is 0.481 e. The van der Waals surface area contributed by atoms with Crippen LogP contribution in [0.2, 0.25) is 0 Å². The van der Waals surface area contributed by atoms with Gasteiger partial charge in [0.2, 0.25) is 0 Å². The topological polar surface area (TPSA) is 60.9 Å². The highest BCUT2D eigenvalue weighted by Gasteiger charge is 2.38. The highest BCUT2D eigenvalue weighted by atomic mass is 16.4. The maximum Gasteiger partial charge on any atom is 0.324 e. The minimum Gasteiger partial charge on any atom is -0.481 e. The number of anilines is 1. The van der Waals surface area contributed by atoms with Crippen molar-refractivity contribution in [3.05, 3.63) is 29.8 Å². The van der Waals surface area contributed by atoms with E-state index in [0.717, 1.165) is 17.7 Å². The molecule has 1 aromatic carbocycles. The highest BCUT2D eigenvalue weighted by Crippen LogP contribution is 2.37. The second-order valence-electron chi connectivity index (χ2n) is 5.39. The number of amides is 2. The Kier molecular flexibility index (Phi) is 4.50. The molecule has 2 rings (SSSR count). The molecule has 2 unspecified atom stereocenters. The first-order valence-electron chi connectivity index (χ1n) is 7.41. The number of aliphatic carboxylic acids is 1. The van der Waals surface area contributed by atoms with Gasteiger partial charge in [0.15, 0.2) is 0 Å². The van der Waals surface area contributed by atoms with Crippen molar-refractivity contribution in [2.45, 2.75) is 39.2 Å². The third-order valence-electron chi connectivity index (χ3n) is 4.21. The molecule has 0 spiro atoms. The number of carboxylic acid groups (broad SMARTS) is 1. The molecular weight excluding hydrogens is 268 g/mol. The molecule has 0 radical (unpaired) electrons. The Balaban J connectivity index is 2.33. The summed E-state index contributed by atoms with van der Waals surface area (Å²) < 4.78 is 0. The predicted molar refractivity (Wildman–Crippen MR) is 81.7 cm³/mol. The van der Waals surface area contributed by atoms with Crippen molar-refractivity contribution in [1.29, 1.82) is 0 Å². The van der Waals surface area contributed by atoms with Gasteiger partial charge in [0.1, 0.15) is 5.92 Å². The van der Waals surface area contributed by atoms with Crippen LogP contribution in [0, 0.1) is 0 Å². The van der Waals surface area contributed by atoms with Crippen LogP contribution in [0.15, 0.2) is 24.3 Å². The van der Waals surface area contributed by atoms with Gasteiger partial charge in [0.05, 0.1) is 0 Å². The van der Waals surface area contributed by atoms with E-state index in [1.165, 1.54) is 0 Å². The summed E-state index contributed by atoms with van der Waals surface area (Å²) in [5, 5.41) is 9.36. The van der Waals surface area contributed by atoms with E-state index < -0.39 is 11.9 Å². The average molecular weight is 290 g/mol. The molecule has 0 saturated heterocycles. The molecule has 5 nitrogen and oxygen atoms in total. The lowest BCUT2D eigenvalue weighted by Gasteiger charge is -2.32. The lowest BCUT2D eigenvalue weighted by atomic mass is 10.0. The van der Waals surface area contributed by atoms with Gasteiger partial charge < -0.3 is 10.0 Å². The number of nitrogens with zero attached hydrogens (tertiary/aromatic N) is 2. The summed E-state index contributed by atoms with van der Waals surface area (Å²) >= 11 is 0. The zero-order valence-electron chi connectivity index (χ0n) is 12.7. The zero-order valence-corrected chi connectivity index (χ0v) is 12.7. The first kappa shape index (κ1) is 15.4. The van der Waals surface area contributed by atoms with Crippen molar-refractivity contribution in [2.24, 2.45) is 0 Å². The number of carboxylic acids is 1. The zero-order chi connectivity index (χ0) is 15.6. The summed E-state index contributed by atoms with van der Waals surface area (Å²) in [5.41, 5.74) is 1.44. The van der Waals surface area contributed by atoms with Crippen molar-refractivity contribution in [2.75, 3.05) is 18.0 Å². The van der Waals surface area contributed by atoms with Crippen molar-refractivity contribution >= 4 is 17.7 Å². The van der Waals surface area contributed by atoms with Crippen LogP contribution in [0.1, 0.15) is 38.7 Å². The smallest absolute Gasteiger partial charge is 0.324 e. The second kappa shape index (κ2) is 6.16. The molecule has 1 N–H and O–H groups in total. The molecule has 21 heavy (non-hydrogen) atoms. The lowest BCUT2D eigenvalue weighted by molar-refractivity contribution is -0.138. The average Bonchev–Trinajstić information content (AvgIpc) is 2.87. The molecule has 2 amide bonds. The number of carbonyl (C=O) groups excluding carboxylic acids is 1. The Morgan fingerprint density at radius 1 is 1.38 bits per heavy atom. The van der Waals surface area contributed by atoms with E-state index in [-0.39, 0.29) is 18.6 Å². The first-order valence-corrected chi connectivity index (χ1v) is 7.41. The van der Waals surface area contributed by atoms with Gasteiger partial charge in [0.25, 0.3) is 0 Å². The Bertz CT molecular complexity index is 544. The van der Waals surface area contributed by atoms with Crippen LogP contribution in [-0.2, 0) is 4.79 Å². The number of fused-ring (bicyclic) bond motifs is 1. The summed E-state index contributed by atoms with van der Waals surface area (Å²) in [4.78, 5) is 27.6. The van der Waals surface area contributed by atoms with Gasteiger partial charge in [-0.25, -0.2) is 4.79 Å². The molecule has 0 saturated carbocycles. The van der Waals surface area contributed by atoms with Gasteiger partial charge in [-0.15, -0.1) is 0 Å². The number of hydrogen-bond acceptors (Lipinski definition) is 2. The van der Waals surface area contributed by atoms with Gasteiger partial charge in [-0.1, -0.05) is 25.1 Å². The molecule has 1 aromatic rings. The number of para-hydroxylation sites is 1. The Morgan fingerprint density at radius 3 is 2.62 bits per heavy atom. The van der Waals surface area contributed by atoms with Crippen molar-refractivity contribution in [3.8, 4) is 0 Å². The van der Waals surface area contributed by atoms with E-state index >= 15 is 0 Å². The standard InChI is InChI=1S/C16H22N2O3/c1-4-11(3)17(5-2)16(21)18-10-13(15(19)20)12-8-6-7-9-14(12)18/h6-9,11,13H,4-5,10H2,1-3H3,(H,19,20). The number of benzene rings is 1. The van der Waals surface area contributed by atoms with Crippen molar-refractivity contribution in [1.82, 2.24) is 4.90 Å². The fourth-order valence-electron chi connectivity index (χ4n) is 2.81. The number of rotatable bonds is 4. The minimum absolute atomic E-state index is 0.108. The van der Waals surface area contributed by atoms with E-state index in [4.69, 9.17) is 0 Å². The van der Waals surface area contributed by atoms with Gasteiger partial charge >= 0.3 is 12.0 Å². The molecule has 1 aliphatic heterocycles. The molecule has 0 bridgehead atoms. The quantitative estimate of drug-likeness (QED) is 0.927. The maximum absolute atomic E-state index is 12.8. The summed E-state index contributed by atoms with van der Waals surface area (Å²) in [6, 6.07) is 7.29. The van der Waals surface area contributed by atoms with E-state index in [9.17, 15) is 14.7 Å². The molecule has 5 heteroatoms. The number of urea groups is 1. The summed E-state index contributed by atoms with van der Waals surface area (Å²) in [5.74, 6) is -1.52. The van der Waals surface area contributed by atoms with Crippen LogP contribution in [0.5, 0.6) is 0 Å². The summed E-state index contributed by atoms with van der Waals surface area (Å²) in [6.45, 7) is 6.82. The van der Waals surface area contributed by atoms with Crippen LogP contribution < -0.4 is 4.90 Å². The van der Waals surface area contributed by atoms with Crippen LogP contribution in [0.4, 0.5) is 10.5 Å². The van der Waals surface area contributed by atoms with Gasteiger partial charge in [-0.3, -0.25) is 9.69 Å². The first-order chi connectivity index (χ1) is 10.0. The van der Waals surface area contributed by atoms with Crippen LogP contribution in [0.3, 0.4) is 0 Å². The van der Waals surface area contributed by atoms with Crippen LogP contribution in [0.25, 0.3) is 0 Å². The summed E-state index contributed by atoms with van der Waals surface area (Å²) in [7, 11) is 0. The van der Waals surface area contributed by atoms with Crippen molar-refractivity contribution < 1.29 is 14.7 Å². The minimum atomic E-state index is -0.885. The van der Waals surface area contributed by atoms with Crippen LogP contribution >= 0.6 is 0 Å². The molecule has 114 valence electrons. The van der Waals surface area contributed by atoms with E-state index in [2.05, 4.69) is 0 Å². The molecule has 2 atom stereocenters. The number of carbonyl (C=O) groups is 2. The van der Waals surface area contributed by atoms with E-state index in [0.29, 0.717) is 6.54 Å². The van der Waals surface area contributed by atoms with Gasteiger partial charge in [-0.2, -0.15) is 0 Å². The van der Waals surface area contributed by atoms with Gasteiger partial charge in [-0.05, 0) is 31.9 Å². The second-order valence-corrected chi connectivity index (χ2v) is 5.39. The predicted octanol–water partition coefficient (Wildman–Crippen LogP) is 2.92. The summed E-state index contributed by atoms with van der Waals surface area (Å²) in [6.07, 6.45) is 0.872. The molecule has 0 aromatic heterocycles. The van der Waals surface area contributed by atoms with Crippen molar-refractivity contribution in [3.63, 3.8) is 0 Å². The molecular formula is C16H22N2O3. The molecule has 0 aliphatic carbocycles. The normalized spacial score (nSPS) is 18.2. The van der Waals surface area contributed by atoms with E-state index in [1.807, 2.05) is 39.0 Å². The maximum atomic E-state index is 12.8. The fraction of sp³-hybridized carbons (Fsp3) is 0.500. The number of hydrogen-bond donors (Lipinski definition) is 1. The van der Waals surface area contributed by atoms with Gasteiger partial charge in [0, 0.05) is 24.8 Å². The lowest BCUT2D eigenvalue weighted by Crippen LogP contribution is -2.47. The fourth-order valence-corrected chi connectivity index (χ4v) is 2.81. The Labute approximate surface area is 125 Å². The van der Waals surface area contributed by atoms with E-state index in [1.54, 1.807) is 15.9 Å². The third kappa shape index (κ3) is 2.73. The SMILES string of the molecule is CCC(C)N(CC)C(=O)N1CC(C(=O)O)c2ccccc21.